The second-order valence-corrected chi connectivity index (χ2v) is 4.44. The molecule has 6 heteroatoms. The first-order chi connectivity index (χ1) is 9.60. The first-order valence-electron chi connectivity index (χ1n) is 5.78. The van der Waals surface area contributed by atoms with Gasteiger partial charge in [0.25, 0.3) is 5.91 Å². The summed E-state index contributed by atoms with van der Waals surface area (Å²) in [5, 5.41) is 0.195. The summed E-state index contributed by atoms with van der Waals surface area (Å²) in [7, 11) is 0. The maximum atomic E-state index is 12.9. The molecule has 0 aromatic heterocycles. The van der Waals surface area contributed by atoms with Gasteiger partial charge in [0.1, 0.15) is 18.2 Å². The Bertz CT molecular complexity index is 634. The first-order valence-corrected chi connectivity index (χ1v) is 6.15. The van der Waals surface area contributed by atoms with E-state index in [4.69, 9.17) is 22.2 Å². The number of hydrazine groups is 1. The number of rotatable bonds is 4. The number of amides is 1. The zero-order valence-corrected chi connectivity index (χ0v) is 11.2. The number of benzene rings is 2. The average molecular weight is 295 g/mol. The molecule has 0 unspecified atom stereocenters. The van der Waals surface area contributed by atoms with Crippen LogP contribution in [0.2, 0.25) is 5.02 Å². The Kier molecular flexibility index (Phi) is 4.55. The molecule has 2 aromatic rings. The van der Waals surface area contributed by atoms with E-state index in [1.54, 1.807) is 24.3 Å². The maximum absolute atomic E-state index is 12.9. The molecule has 104 valence electrons. The zero-order valence-electron chi connectivity index (χ0n) is 10.4. The minimum absolute atomic E-state index is 0.195. The van der Waals surface area contributed by atoms with Crippen LogP contribution in [-0.2, 0) is 6.61 Å². The van der Waals surface area contributed by atoms with Crippen LogP contribution in [0.15, 0.2) is 42.5 Å². The van der Waals surface area contributed by atoms with E-state index in [2.05, 4.69) is 5.43 Å². The van der Waals surface area contributed by atoms with Crippen LogP contribution >= 0.6 is 11.6 Å². The predicted molar refractivity (Wildman–Crippen MR) is 73.8 cm³/mol. The lowest BCUT2D eigenvalue weighted by atomic mass is 10.1. The summed E-state index contributed by atoms with van der Waals surface area (Å²) in [6, 6.07) is 10.7. The third kappa shape index (κ3) is 3.46. The molecule has 0 aliphatic carbocycles. The third-order valence-electron chi connectivity index (χ3n) is 2.61. The highest BCUT2D eigenvalue weighted by molar-refractivity contribution is 6.32. The average Bonchev–Trinajstić information content (AvgIpc) is 2.46. The van der Waals surface area contributed by atoms with E-state index in [1.807, 2.05) is 0 Å². The predicted octanol–water partition coefficient (Wildman–Crippen LogP) is 2.66. The van der Waals surface area contributed by atoms with Crippen molar-refractivity contribution in [3.8, 4) is 5.75 Å². The number of nitrogens with two attached hydrogens (primary N) is 1. The molecule has 0 fully saturated rings. The Balaban J connectivity index is 2.09. The van der Waals surface area contributed by atoms with E-state index >= 15 is 0 Å². The standard InChI is InChI=1S/C14H12ClFN2O2/c15-12-7-11(16)4-5-13(12)20-8-9-2-1-3-10(6-9)14(19)18-17/h1-7H,8,17H2,(H,18,19). The van der Waals surface area contributed by atoms with Crippen LogP contribution in [0.5, 0.6) is 5.75 Å². The summed E-state index contributed by atoms with van der Waals surface area (Å²) in [5.41, 5.74) is 3.25. The molecule has 3 N–H and O–H groups in total. The summed E-state index contributed by atoms with van der Waals surface area (Å²) < 4.78 is 18.4. The Labute approximate surface area is 120 Å². The van der Waals surface area contributed by atoms with Gasteiger partial charge in [0.15, 0.2) is 0 Å². The first kappa shape index (κ1) is 14.3. The van der Waals surface area contributed by atoms with Gasteiger partial charge in [-0.05, 0) is 35.9 Å². The number of hydrogen-bond donors (Lipinski definition) is 2. The normalized spacial score (nSPS) is 10.2. The molecule has 0 saturated heterocycles. The van der Waals surface area contributed by atoms with E-state index in [-0.39, 0.29) is 17.5 Å². The van der Waals surface area contributed by atoms with Gasteiger partial charge in [-0.3, -0.25) is 10.2 Å². The molecule has 1 amide bonds. The van der Waals surface area contributed by atoms with Gasteiger partial charge in [0.2, 0.25) is 0 Å². The smallest absolute Gasteiger partial charge is 0.265 e. The summed E-state index contributed by atoms with van der Waals surface area (Å²) in [6.45, 7) is 0.205. The number of nitrogen functional groups attached to an aromatic ring is 1. The lowest BCUT2D eigenvalue weighted by Crippen LogP contribution is -2.30. The summed E-state index contributed by atoms with van der Waals surface area (Å²) in [6.07, 6.45) is 0. The molecule has 0 spiro atoms. The van der Waals surface area contributed by atoms with E-state index in [0.717, 1.165) is 5.56 Å². The fourth-order valence-corrected chi connectivity index (χ4v) is 1.86. The van der Waals surface area contributed by atoms with E-state index in [0.29, 0.717) is 11.3 Å². The molecule has 4 nitrogen and oxygen atoms in total. The molecule has 0 heterocycles. The monoisotopic (exact) mass is 294 g/mol. The van der Waals surface area contributed by atoms with Gasteiger partial charge in [0, 0.05) is 5.56 Å². The lowest BCUT2D eigenvalue weighted by molar-refractivity contribution is 0.0953. The van der Waals surface area contributed by atoms with Crippen molar-refractivity contribution in [1.82, 2.24) is 5.43 Å². The Morgan fingerprint density at radius 2 is 2.10 bits per heavy atom. The van der Waals surface area contributed by atoms with Crippen molar-refractivity contribution in [1.29, 1.82) is 0 Å². The molecular weight excluding hydrogens is 283 g/mol. The fourth-order valence-electron chi connectivity index (χ4n) is 1.64. The number of carbonyl (C=O) groups is 1. The number of carbonyl (C=O) groups excluding carboxylic acids is 1. The molecule has 0 aliphatic rings. The molecule has 2 rings (SSSR count). The van der Waals surface area contributed by atoms with E-state index in [9.17, 15) is 9.18 Å². The maximum Gasteiger partial charge on any atom is 0.265 e. The van der Waals surface area contributed by atoms with Crippen LogP contribution in [0.4, 0.5) is 4.39 Å². The summed E-state index contributed by atoms with van der Waals surface area (Å²) in [5.74, 6) is 4.64. The zero-order chi connectivity index (χ0) is 14.5. The van der Waals surface area contributed by atoms with Crippen molar-refractivity contribution < 1.29 is 13.9 Å². The van der Waals surface area contributed by atoms with Crippen LogP contribution in [0.1, 0.15) is 15.9 Å². The number of halogens is 2. The molecule has 2 aromatic carbocycles. The topological polar surface area (TPSA) is 64.3 Å². The van der Waals surface area contributed by atoms with Gasteiger partial charge >= 0.3 is 0 Å². The Morgan fingerprint density at radius 1 is 1.30 bits per heavy atom. The fraction of sp³-hybridized carbons (Fsp3) is 0.0714. The molecule has 0 saturated carbocycles. The van der Waals surface area contributed by atoms with Gasteiger partial charge in [-0.25, -0.2) is 10.2 Å². The van der Waals surface area contributed by atoms with Gasteiger partial charge in [0.05, 0.1) is 5.02 Å². The molecule has 0 radical (unpaired) electrons. The number of hydrogen-bond acceptors (Lipinski definition) is 3. The number of ether oxygens (including phenoxy) is 1. The second-order valence-electron chi connectivity index (χ2n) is 4.04. The highest BCUT2D eigenvalue weighted by Crippen LogP contribution is 2.25. The van der Waals surface area contributed by atoms with Crippen molar-refractivity contribution in [3.63, 3.8) is 0 Å². The van der Waals surface area contributed by atoms with Gasteiger partial charge in [-0.2, -0.15) is 0 Å². The van der Waals surface area contributed by atoms with Crippen molar-refractivity contribution in [2.45, 2.75) is 6.61 Å². The van der Waals surface area contributed by atoms with Crippen molar-refractivity contribution in [2.24, 2.45) is 5.84 Å². The molecule has 20 heavy (non-hydrogen) atoms. The minimum atomic E-state index is -0.427. The van der Waals surface area contributed by atoms with Crippen LogP contribution in [0, 0.1) is 5.82 Å². The second kappa shape index (κ2) is 6.36. The van der Waals surface area contributed by atoms with E-state index in [1.165, 1.54) is 18.2 Å². The third-order valence-corrected chi connectivity index (χ3v) is 2.90. The van der Waals surface area contributed by atoms with Crippen LogP contribution in [0.25, 0.3) is 0 Å². The van der Waals surface area contributed by atoms with Crippen LogP contribution in [-0.4, -0.2) is 5.91 Å². The van der Waals surface area contributed by atoms with Crippen LogP contribution < -0.4 is 16.0 Å². The van der Waals surface area contributed by atoms with Crippen molar-refractivity contribution in [3.05, 3.63) is 64.4 Å². The van der Waals surface area contributed by atoms with Crippen molar-refractivity contribution in [2.75, 3.05) is 0 Å². The van der Waals surface area contributed by atoms with Crippen LogP contribution in [0.3, 0.4) is 0 Å². The summed E-state index contributed by atoms with van der Waals surface area (Å²) in [4.78, 5) is 11.4. The largest absolute Gasteiger partial charge is 0.487 e. The minimum Gasteiger partial charge on any atom is -0.487 e. The summed E-state index contributed by atoms with van der Waals surface area (Å²) >= 11 is 5.85. The molecular formula is C14H12ClFN2O2. The van der Waals surface area contributed by atoms with Crippen molar-refractivity contribution >= 4 is 17.5 Å². The molecule has 0 aliphatic heterocycles. The van der Waals surface area contributed by atoms with Gasteiger partial charge in [-0.15, -0.1) is 0 Å². The molecule has 0 atom stereocenters. The number of nitrogens with one attached hydrogen (secondary N) is 1. The molecule has 0 bridgehead atoms. The highest BCUT2D eigenvalue weighted by Gasteiger charge is 2.06. The Hall–Kier alpha value is -2.11. The lowest BCUT2D eigenvalue weighted by Gasteiger charge is -2.09. The quantitative estimate of drug-likeness (QED) is 0.518. The highest BCUT2D eigenvalue weighted by atomic mass is 35.5. The van der Waals surface area contributed by atoms with Gasteiger partial charge in [-0.1, -0.05) is 23.7 Å². The van der Waals surface area contributed by atoms with Gasteiger partial charge < -0.3 is 4.74 Å². The SMILES string of the molecule is NNC(=O)c1cccc(COc2ccc(F)cc2Cl)c1. The Morgan fingerprint density at radius 3 is 2.80 bits per heavy atom. The van der Waals surface area contributed by atoms with E-state index < -0.39 is 5.82 Å².